The van der Waals surface area contributed by atoms with Crippen LogP contribution in [0.25, 0.3) is 0 Å². The van der Waals surface area contributed by atoms with Crippen molar-refractivity contribution >= 4 is 17.8 Å². The zero-order valence-electron chi connectivity index (χ0n) is 22.6. The van der Waals surface area contributed by atoms with Gasteiger partial charge in [0.15, 0.2) is 5.96 Å². The Morgan fingerprint density at radius 2 is 1.31 bits per heavy atom. The lowest BCUT2D eigenvalue weighted by Crippen LogP contribution is -2.41. The van der Waals surface area contributed by atoms with Crippen molar-refractivity contribution in [1.82, 2.24) is 10.6 Å². The number of rotatable bonds is 22. The Labute approximate surface area is 219 Å². The number of carbonyl (C=O) groups is 2. The third-order valence-electron chi connectivity index (χ3n) is 5.97. The highest BCUT2D eigenvalue weighted by molar-refractivity contribution is 5.83. The van der Waals surface area contributed by atoms with Crippen LogP contribution in [0.1, 0.15) is 129 Å². The van der Waals surface area contributed by atoms with Gasteiger partial charge in [0.2, 0.25) is 5.91 Å². The zero-order valence-corrected chi connectivity index (χ0v) is 22.6. The average Bonchev–Trinajstić information content (AvgIpc) is 2.84. The normalized spacial score (nSPS) is 10.9. The van der Waals surface area contributed by atoms with Crippen LogP contribution < -0.4 is 16.4 Å². The van der Waals surface area contributed by atoms with Crippen LogP contribution in [0, 0.1) is 29.1 Å². The second-order valence-corrected chi connectivity index (χ2v) is 9.39. The quantitative estimate of drug-likeness (QED) is 0.0580. The lowest BCUT2D eigenvalue weighted by Gasteiger charge is -2.14. The molecule has 1 atom stereocenters. The number of carboxylic acid groups (broad SMARTS) is 1. The van der Waals surface area contributed by atoms with Crippen molar-refractivity contribution in [2.45, 2.75) is 135 Å². The molecule has 204 valence electrons. The van der Waals surface area contributed by atoms with Gasteiger partial charge in [-0.25, -0.2) is 4.79 Å². The minimum atomic E-state index is -1.04. The van der Waals surface area contributed by atoms with Gasteiger partial charge in [0, 0.05) is 25.8 Å². The van der Waals surface area contributed by atoms with Crippen LogP contribution in [0.3, 0.4) is 0 Å². The van der Waals surface area contributed by atoms with E-state index in [-0.39, 0.29) is 11.9 Å². The Morgan fingerprint density at radius 1 is 0.806 bits per heavy atom. The van der Waals surface area contributed by atoms with Crippen LogP contribution in [0.4, 0.5) is 0 Å². The van der Waals surface area contributed by atoms with Gasteiger partial charge in [-0.3, -0.25) is 10.2 Å². The van der Waals surface area contributed by atoms with E-state index in [9.17, 15) is 14.7 Å². The first kappa shape index (κ1) is 33.3. The number of nitrogens with two attached hydrogens (primary N) is 1. The first-order valence-electron chi connectivity index (χ1n) is 14.0. The number of carbonyl (C=O) groups excluding carboxylic acids is 1. The number of carboxylic acids is 1. The van der Waals surface area contributed by atoms with Gasteiger partial charge in [-0.1, -0.05) is 89.4 Å². The highest BCUT2D eigenvalue weighted by Gasteiger charge is 2.19. The second-order valence-electron chi connectivity index (χ2n) is 9.39. The second kappa shape index (κ2) is 25.4. The van der Waals surface area contributed by atoms with E-state index in [2.05, 4.69) is 41.2 Å². The summed E-state index contributed by atoms with van der Waals surface area (Å²) in [7, 11) is 0. The number of unbranched alkanes of at least 4 members (excludes halogenated alkanes) is 14. The summed E-state index contributed by atoms with van der Waals surface area (Å²) in [6.07, 6.45) is 19.7. The van der Waals surface area contributed by atoms with Crippen molar-refractivity contribution in [2.24, 2.45) is 5.73 Å². The molecule has 6 N–H and O–H groups in total. The molecule has 0 saturated heterocycles. The smallest absolute Gasteiger partial charge is 0.326 e. The van der Waals surface area contributed by atoms with Crippen molar-refractivity contribution in [3.63, 3.8) is 0 Å². The zero-order chi connectivity index (χ0) is 26.7. The Balaban J connectivity index is 3.61. The molecule has 0 aromatic rings. The van der Waals surface area contributed by atoms with E-state index in [1.54, 1.807) is 0 Å². The number of aliphatic carboxylic acids is 1. The van der Waals surface area contributed by atoms with Crippen LogP contribution in [0.2, 0.25) is 0 Å². The summed E-state index contributed by atoms with van der Waals surface area (Å²) in [4.78, 5) is 23.3. The number of guanidine groups is 1. The molecule has 0 aromatic carbocycles. The van der Waals surface area contributed by atoms with E-state index in [1.165, 1.54) is 51.4 Å². The maximum Gasteiger partial charge on any atom is 0.326 e. The molecule has 36 heavy (non-hydrogen) atoms. The monoisotopic (exact) mass is 502 g/mol. The number of hydrogen-bond donors (Lipinski definition) is 5. The van der Waals surface area contributed by atoms with E-state index < -0.39 is 12.0 Å². The lowest BCUT2D eigenvalue weighted by atomic mass is 10.1. The third kappa shape index (κ3) is 24.5. The fourth-order valence-corrected chi connectivity index (χ4v) is 3.82. The van der Waals surface area contributed by atoms with E-state index >= 15 is 0 Å². The fourth-order valence-electron chi connectivity index (χ4n) is 3.82. The Bertz CT molecular complexity index is 716. The summed E-state index contributed by atoms with van der Waals surface area (Å²) in [6.45, 7) is 2.66. The number of amides is 1. The van der Waals surface area contributed by atoms with Crippen molar-refractivity contribution in [3.8, 4) is 23.7 Å². The van der Waals surface area contributed by atoms with Gasteiger partial charge in [0.05, 0.1) is 0 Å². The summed E-state index contributed by atoms with van der Waals surface area (Å²) in [5.41, 5.74) is 5.19. The predicted octanol–water partition coefficient (Wildman–Crippen LogP) is 5.48. The summed E-state index contributed by atoms with van der Waals surface area (Å²) in [5, 5.41) is 21.5. The summed E-state index contributed by atoms with van der Waals surface area (Å²) in [6, 6.07) is -0.901. The van der Waals surface area contributed by atoms with E-state index in [0.29, 0.717) is 25.8 Å². The molecule has 0 aliphatic carbocycles. The van der Waals surface area contributed by atoms with Crippen LogP contribution in [-0.2, 0) is 9.59 Å². The Kier molecular flexibility index (Phi) is 23.5. The number of hydrogen-bond acceptors (Lipinski definition) is 3. The van der Waals surface area contributed by atoms with Gasteiger partial charge in [-0.15, -0.1) is 0 Å². The first-order chi connectivity index (χ1) is 17.5. The summed E-state index contributed by atoms with van der Waals surface area (Å²) < 4.78 is 0. The predicted molar refractivity (Wildman–Crippen MR) is 148 cm³/mol. The molecule has 1 unspecified atom stereocenters. The number of nitrogens with one attached hydrogen (secondary N) is 3. The molecule has 0 radical (unpaired) electrons. The molecular formula is C29H50N4O3. The highest BCUT2D eigenvalue weighted by atomic mass is 16.4. The van der Waals surface area contributed by atoms with Gasteiger partial charge < -0.3 is 21.5 Å². The molecule has 0 fully saturated rings. The topological polar surface area (TPSA) is 128 Å². The van der Waals surface area contributed by atoms with Gasteiger partial charge in [0.25, 0.3) is 0 Å². The Morgan fingerprint density at radius 3 is 1.81 bits per heavy atom. The highest BCUT2D eigenvalue weighted by Crippen LogP contribution is 2.10. The van der Waals surface area contributed by atoms with Crippen molar-refractivity contribution in [1.29, 1.82) is 5.41 Å². The van der Waals surface area contributed by atoms with Crippen molar-refractivity contribution < 1.29 is 14.7 Å². The van der Waals surface area contributed by atoms with Gasteiger partial charge in [-0.2, -0.15) is 0 Å². The molecule has 7 heteroatoms. The van der Waals surface area contributed by atoms with Crippen LogP contribution in [0.15, 0.2) is 0 Å². The molecule has 7 nitrogen and oxygen atoms in total. The summed E-state index contributed by atoms with van der Waals surface area (Å²) >= 11 is 0. The van der Waals surface area contributed by atoms with E-state index in [1.807, 2.05) is 0 Å². The molecule has 0 aliphatic rings. The molecule has 0 saturated carbocycles. The molecule has 0 aliphatic heterocycles. The maximum absolute atomic E-state index is 12.0. The van der Waals surface area contributed by atoms with E-state index in [0.717, 1.165) is 51.4 Å². The largest absolute Gasteiger partial charge is 0.480 e. The molecule has 0 bridgehead atoms. The summed E-state index contributed by atoms with van der Waals surface area (Å²) in [5.74, 6) is 10.8. The van der Waals surface area contributed by atoms with Crippen LogP contribution >= 0.6 is 0 Å². The minimum Gasteiger partial charge on any atom is -0.480 e. The van der Waals surface area contributed by atoms with Gasteiger partial charge in [-0.05, 0) is 43.9 Å². The molecule has 0 heterocycles. The molecule has 1 amide bonds. The standard InChI is InChI=1S/C29H50N4O3/c1-2-3-4-5-6-7-8-9-10-11-12-13-14-15-16-17-18-19-20-21-24-27(34)33-26(28(35)36)23-22-25-32-29(30)31/h26H,2-10,15-25H2,1H3,(H,33,34)(H,35,36)(H4,30,31,32). The minimum absolute atomic E-state index is 0.146. The molecular weight excluding hydrogens is 452 g/mol. The first-order valence-corrected chi connectivity index (χ1v) is 14.0. The molecule has 0 spiro atoms. The average molecular weight is 503 g/mol. The van der Waals surface area contributed by atoms with Crippen molar-refractivity contribution in [2.75, 3.05) is 6.54 Å². The third-order valence-corrected chi connectivity index (χ3v) is 5.97. The maximum atomic E-state index is 12.0. The molecule has 0 aromatic heterocycles. The van der Waals surface area contributed by atoms with Crippen molar-refractivity contribution in [3.05, 3.63) is 0 Å². The van der Waals surface area contributed by atoms with Gasteiger partial charge >= 0.3 is 5.97 Å². The fraction of sp³-hybridized carbons (Fsp3) is 0.759. The van der Waals surface area contributed by atoms with E-state index in [4.69, 9.17) is 11.1 Å². The molecule has 0 rings (SSSR count). The Hall–Kier alpha value is -2.67. The SMILES string of the molecule is CCCCCCCCCCC#CC#CCCCCCCCCC(=O)NC(CCCNC(=N)N)C(=O)O. The lowest BCUT2D eigenvalue weighted by molar-refractivity contribution is -0.142. The van der Waals surface area contributed by atoms with Crippen LogP contribution in [0.5, 0.6) is 0 Å². The van der Waals surface area contributed by atoms with Gasteiger partial charge in [0.1, 0.15) is 6.04 Å². The van der Waals surface area contributed by atoms with Crippen LogP contribution in [-0.4, -0.2) is 35.5 Å².